The molecule has 0 saturated carbocycles. The highest BCUT2D eigenvalue weighted by molar-refractivity contribution is 5.71. The number of nitrogens with zero attached hydrogens (tertiary/aromatic N) is 5. The second-order valence-corrected chi connectivity index (χ2v) is 7.35. The van der Waals surface area contributed by atoms with Gasteiger partial charge in [-0.3, -0.25) is 14.3 Å². The quantitative estimate of drug-likeness (QED) is 0.442. The first-order valence-electron chi connectivity index (χ1n) is 9.64. The van der Waals surface area contributed by atoms with Crippen LogP contribution in [0.5, 0.6) is 0 Å². The van der Waals surface area contributed by atoms with Crippen LogP contribution in [0.1, 0.15) is 18.2 Å². The van der Waals surface area contributed by atoms with Crippen LogP contribution in [0.3, 0.4) is 0 Å². The predicted octanol–water partition coefficient (Wildman–Crippen LogP) is 1.21. The molecule has 1 aliphatic rings. The van der Waals surface area contributed by atoms with Crippen LogP contribution in [-0.4, -0.2) is 68.8 Å². The van der Waals surface area contributed by atoms with E-state index >= 15 is 0 Å². The molecule has 0 aliphatic carbocycles. The van der Waals surface area contributed by atoms with Gasteiger partial charge in [-0.15, -0.1) is 0 Å². The van der Waals surface area contributed by atoms with Gasteiger partial charge >= 0.3 is 0 Å². The van der Waals surface area contributed by atoms with Crippen molar-refractivity contribution in [3.63, 3.8) is 0 Å². The Balaban J connectivity index is 1.48. The van der Waals surface area contributed by atoms with Crippen molar-refractivity contribution >= 4 is 23.5 Å². The van der Waals surface area contributed by atoms with Gasteiger partial charge in [-0.05, 0) is 5.56 Å². The molecule has 2 N–H and O–H groups in total. The summed E-state index contributed by atoms with van der Waals surface area (Å²) in [5.41, 5.74) is 1.22. The van der Waals surface area contributed by atoms with Crippen LogP contribution in [0, 0.1) is 0 Å². The van der Waals surface area contributed by atoms with Crippen LogP contribution < -0.4 is 5.56 Å². The average molecular weight is 412 g/mol. The number of benzene rings is 1. The Kier molecular flexibility index (Phi) is 5.88. The Morgan fingerprint density at radius 2 is 2.20 bits per heavy atom. The average Bonchev–Trinajstić information content (AvgIpc) is 3.31. The first-order chi connectivity index (χ1) is 14.5. The molecule has 1 aliphatic heterocycles. The highest BCUT2D eigenvalue weighted by Gasteiger charge is 2.36. The Morgan fingerprint density at radius 3 is 2.97 bits per heavy atom. The second kappa shape index (κ2) is 8.74. The summed E-state index contributed by atoms with van der Waals surface area (Å²) in [4.78, 5) is 29.3. The van der Waals surface area contributed by atoms with Gasteiger partial charge in [0.1, 0.15) is 12.3 Å². The molecule has 3 atom stereocenters. The number of ether oxygens (including phenoxy) is 2. The number of hydrogen-bond donors (Lipinski definition) is 2. The zero-order chi connectivity index (χ0) is 21.1. The van der Waals surface area contributed by atoms with Gasteiger partial charge in [0, 0.05) is 20.5 Å². The number of aliphatic hydroxyl groups excluding tert-OH is 1. The topological polar surface area (TPSA) is 118 Å². The second-order valence-electron chi connectivity index (χ2n) is 7.35. The summed E-state index contributed by atoms with van der Waals surface area (Å²) in [6, 6.07) is 9.80. The maximum absolute atomic E-state index is 12.3. The van der Waals surface area contributed by atoms with E-state index in [4.69, 9.17) is 9.47 Å². The summed E-state index contributed by atoms with van der Waals surface area (Å²) in [7, 11) is 3.64. The van der Waals surface area contributed by atoms with Gasteiger partial charge in [0.15, 0.2) is 11.2 Å². The van der Waals surface area contributed by atoms with E-state index in [1.54, 1.807) is 15.8 Å². The maximum atomic E-state index is 12.3. The van der Waals surface area contributed by atoms with Gasteiger partial charge in [0.05, 0.1) is 32.0 Å². The van der Waals surface area contributed by atoms with Gasteiger partial charge in [-0.1, -0.05) is 30.3 Å². The third-order valence-corrected chi connectivity index (χ3v) is 4.74. The number of H-pyrrole nitrogens is 1. The van der Waals surface area contributed by atoms with E-state index in [0.29, 0.717) is 18.7 Å². The lowest BCUT2D eigenvalue weighted by molar-refractivity contribution is -0.0646. The molecule has 30 heavy (non-hydrogen) atoms. The fourth-order valence-corrected chi connectivity index (χ4v) is 3.26. The van der Waals surface area contributed by atoms with Crippen LogP contribution in [0.25, 0.3) is 11.2 Å². The summed E-state index contributed by atoms with van der Waals surface area (Å²) < 4.78 is 13.4. The van der Waals surface area contributed by atoms with Crippen LogP contribution in [0.15, 0.2) is 46.4 Å². The number of aliphatic hydroxyl groups is 1. The Morgan fingerprint density at radius 1 is 1.40 bits per heavy atom. The van der Waals surface area contributed by atoms with Crippen molar-refractivity contribution in [3.8, 4) is 0 Å². The number of aromatic amines is 1. The molecular formula is C20H24N6O4. The molecule has 0 radical (unpaired) electrons. The predicted molar refractivity (Wildman–Crippen MR) is 111 cm³/mol. The number of aliphatic imine (C=N–C) groups is 1. The Hall–Kier alpha value is -3.08. The minimum Gasteiger partial charge on any atom is -0.390 e. The lowest BCUT2D eigenvalue weighted by atomic mass is 10.2. The van der Waals surface area contributed by atoms with Crippen molar-refractivity contribution in [2.45, 2.75) is 31.5 Å². The summed E-state index contributed by atoms with van der Waals surface area (Å²) >= 11 is 0. The molecule has 0 amide bonds. The number of fused-ring (bicyclic) bond motifs is 1. The zero-order valence-electron chi connectivity index (χ0n) is 16.8. The molecule has 1 saturated heterocycles. The lowest BCUT2D eigenvalue weighted by Gasteiger charge is -2.16. The summed E-state index contributed by atoms with van der Waals surface area (Å²) in [5.74, 6) is 0.171. The van der Waals surface area contributed by atoms with E-state index in [-0.39, 0.29) is 23.6 Å². The number of imidazole rings is 1. The number of rotatable bonds is 7. The van der Waals surface area contributed by atoms with Gasteiger partial charge in [0.25, 0.3) is 5.56 Å². The smallest absolute Gasteiger partial charge is 0.280 e. The van der Waals surface area contributed by atoms with Crippen LogP contribution in [-0.2, 0) is 16.1 Å². The highest BCUT2D eigenvalue weighted by atomic mass is 16.6. The molecule has 1 fully saturated rings. The van der Waals surface area contributed by atoms with E-state index < -0.39 is 18.4 Å². The van der Waals surface area contributed by atoms with Crippen molar-refractivity contribution in [3.05, 3.63) is 52.6 Å². The van der Waals surface area contributed by atoms with E-state index in [0.717, 1.165) is 5.56 Å². The minimum atomic E-state index is -0.698. The molecule has 0 unspecified atom stereocenters. The molecule has 158 valence electrons. The number of hydrogen-bond acceptors (Lipinski definition) is 7. The maximum Gasteiger partial charge on any atom is 0.280 e. The minimum absolute atomic E-state index is 0.171. The van der Waals surface area contributed by atoms with E-state index in [2.05, 4.69) is 19.9 Å². The van der Waals surface area contributed by atoms with E-state index in [9.17, 15) is 9.90 Å². The SMILES string of the molecule is CN(C)C=Nc1nc2c(ncn2[C@H]2C[C@@H](O)[C@@H](COCc3ccccc3)O2)c(=O)[nH]1. The van der Waals surface area contributed by atoms with Crippen molar-refractivity contribution in [1.29, 1.82) is 0 Å². The lowest BCUT2D eigenvalue weighted by Crippen LogP contribution is -2.26. The van der Waals surface area contributed by atoms with Crippen molar-refractivity contribution in [1.82, 2.24) is 24.4 Å². The monoisotopic (exact) mass is 412 g/mol. The standard InChI is InChI=1S/C20H24N6O4/c1-25(2)11-22-20-23-18-17(19(28)24-20)21-12-26(18)16-8-14(27)15(30-16)10-29-9-13-6-4-3-5-7-13/h3-7,11-12,14-16,27H,8-10H2,1-2H3,(H,23,24,28)/t14-,15-,16-/m1/s1. The van der Waals surface area contributed by atoms with Crippen LogP contribution in [0.2, 0.25) is 0 Å². The molecule has 3 heterocycles. The molecule has 0 spiro atoms. The molecule has 3 aromatic rings. The molecule has 10 heteroatoms. The first kappa shape index (κ1) is 20.2. The zero-order valence-corrected chi connectivity index (χ0v) is 16.8. The van der Waals surface area contributed by atoms with Gasteiger partial charge in [-0.25, -0.2) is 9.98 Å². The molecule has 4 rings (SSSR count). The normalized spacial score (nSPS) is 21.6. The third-order valence-electron chi connectivity index (χ3n) is 4.74. The largest absolute Gasteiger partial charge is 0.390 e. The Bertz CT molecular complexity index is 1080. The van der Waals surface area contributed by atoms with Crippen molar-refractivity contribution in [2.75, 3.05) is 20.7 Å². The summed E-state index contributed by atoms with van der Waals surface area (Å²) in [6.07, 6.45) is 1.70. The summed E-state index contributed by atoms with van der Waals surface area (Å²) in [5, 5.41) is 10.4. The van der Waals surface area contributed by atoms with Gasteiger partial charge in [-0.2, -0.15) is 4.98 Å². The summed E-state index contributed by atoms with van der Waals surface area (Å²) in [6.45, 7) is 0.696. The van der Waals surface area contributed by atoms with Gasteiger partial charge < -0.3 is 19.5 Å². The highest BCUT2D eigenvalue weighted by Crippen LogP contribution is 2.31. The molecule has 0 bridgehead atoms. The fraction of sp³-hybridized carbons (Fsp3) is 0.400. The number of aromatic nitrogens is 4. The van der Waals surface area contributed by atoms with Crippen molar-refractivity contribution < 1.29 is 14.6 Å². The van der Waals surface area contributed by atoms with E-state index in [1.807, 2.05) is 44.4 Å². The third kappa shape index (κ3) is 4.40. The first-order valence-corrected chi connectivity index (χ1v) is 9.64. The molecule has 1 aromatic carbocycles. The number of nitrogens with one attached hydrogen (secondary N) is 1. The van der Waals surface area contributed by atoms with Crippen molar-refractivity contribution in [2.24, 2.45) is 4.99 Å². The van der Waals surface area contributed by atoms with Crippen LogP contribution >= 0.6 is 0 Å². The molecule has 10 nitrogen and oxygen atoms in total. The Labute approximate surface area is 172 Å². The van der Waals surface area contributed by atoms with E-state index in [1.165, 1.54) is 6.33 Å². The molecule has 2 aromatic heterocycles. The molecular weight excluding hydrogens is 388 g/mol. The van der Waals surface area contributed by atoms with Crippen LogP contribution in [0.4, 0.5) is 5.95 Å². The fourth-order valence-electron chi connectivity index (χ4n) is 3.26. The van der Waals surface area contributed by atoms with Gasteiger partial charge in [0.2, 0.25) is 5.95 Å².